The van der Waals surface area contributed by atoms with Crippen LogP contribution in [0.25, 0.3) is 0 Å². The Kier molecular flexibility index (Phi) is 4.42. The van der Waals surface area contributed by atoms with Gasteiger partial charge >= 0.3 is 0 Å². The van der Waals surface area contributed by atoms with Crippen molar-refractivity contribution in [2.45, 2.75) is 18.9 Å². The lowest BCUT2D eigenvalue weighted by molar-refractivity contribution is 0.555. The Morgan fingerprint density at radius 3 is 2.11 bits per heavy atom. The Hall–Kier alpha value is -1.74. The first-order valence-corrected chi connectivity index (χ1v) is 6.08. The van der Waals surface area contributed by atoms with Gasteiger partial charge in [-0.25, -0.2) is 4.39 Å². The molecule has 1 aromatic heterocycles. The summed E-state index contributed by atoms with van der Waals surface area (Å²) in [5.41, 5.74) is 2.40. The van der Waals surface area contributed by atoms with Gasteiger partial charge in [0, 0.05) is 18.4 Å². The minimum Gasteiger partial charge on any atom is -0.316 e. The molecule has 1 aromatic carbocycles. The number of likely N-dealkylation sites (N-methyl/N-ethyl adjacent to an activating group) is 1. The molecule has 0 aliphatic heterocycles. The summed E-state index contributed by atoms with van der Waals surface area (Å²) in [6, 6.07) is 11.1. The zero-order valence-electron chi connectivity index (χ0n) is 10.4. The fourth-order valence-corrected chi connectivity index (χ4v) is 1.98. The second-order valence-electron chi connectivity index (χ2n) is 4.38. The second-order valence-corrected chi connectivity index (χ2v) is 4.38. The number of benzene rings is 1. The van der Waals surface area contributed by atoms with Gasteiger partial charge in [0.1, 0.15) is 5.82 Å². The maximum atomic E-state index is 12.8. The van der Waals surface area contributed by atoms with E-state index < -0.39 is 0 Å². The highest BCUT2D eigenvalue weighted by molar-refractivity contribution is 5.19. The number of halogens is 1. The fourth-order valence-electron chi connectivity index (χ4n) is 1.98. The van der Waals surface area contributed by atoms with Crippen LogP contribution in [0, 0.1) is 5.82 Å². The first kappa shape index (κ1) is 12.7. The van der Waals surface area contributed by atoms with Crippen molar-refractivity contribution in [1.82, 2.24) is 10.3 Å². The molecule has 0 aliphatic carbocycles. The van der Waals surface area contributed by atoms with Gasteiger partial charge in [-0.2, -0.15) is 0 Å². The van der Waals surface area contributed by atoms with Crippen molar-refractivity contribution in [3.8, 4) is 0 Å². The number of aromatic nitrogens is 1. The van der Waals surface area contributed by atoms with Crippen LogP contribution >= 0.6 is 0 Å². The second kappa shape index (κ2) is 6.26. The minimum atomic E-state index is -0.186. The normalized spacial score (nSPS) is 12.3. The molecule has 0 saturated carbocycles. The van der Waals surface area contributed by atoms with Crippen molar-refractivity contribution in [3.05, 3.63) is 65.7 Å². The minimum absolute atomic E-state index is 0.186. The smallest absolute Gasteiger partial charge is 0.123 e. The lowest BCUT2D eigenvalue weighted by Crippen LogP contribution is -2.29. The predicted octanol–water partition coefficient (Wildman–Crippen LogP) is 2.59. The Bertz CT molecular complexity index is 468. The topological polar surface area (TPSA) is 24.9 Å². The van der Waals surface area contributed by atoms with E-state index >= 15 is 0 Å². The van der Waals surface area contributed by atoms with Crippen LogP contribution in [0.1, 0.15) is 11.1 Å². The molecular formula is C15H17FN2. The van der Waals surface area contributed by atoms with Crippen molar-refractivity contribution in [2.24, 2.45) is 0 Å². The Labute approximate surface area is 107 Å². The van der Waals surface area contributed by atoms with Gasteiger partial charge in [0.15, 0.2) is 0 Å². The van der Waals surface area contributed by atoms with Crippen molar-refractivity contribution in [1.29, 1.82) is 0 Å². The van der Waals surface area contributed by atoms with Crippen LogP contribution in [0.15, 0.2) is 48.8 Å². The lowest BCUT2D eigenvalue weighted by atomic mass is 10.00. The summed E-state index contributed by atoms with van der Waals surface area (Å²) in [5, 5.41) is 3.30. The quantitative estimate of drug-likeness (QED) is 0.874. The van der Waals surface area contributed by atoms with Crippen molar-refractivity contribution < 1.29 is 4.39 Å². The summed E-state index contributed by atoms with van der Waals surface area (Å²) in [5.74, 6) is -0.186. The summed E-state index contributed by atoms with van der Waals surface area (Å²) in [4.78, 5) is 4.01. The van der Waals surface area contributed by atoms with E-state index in [4.69, 9.17) is 0 Å². The van der Waals surface area contributed by atoms with Gasteiger partial charge in [0.05, 0.1) is 0 Å². The van der Waals surface area contributed by atoms with Crippen molar-refractivity contribution in [2.75, 3.05) is 7.05 Å². The van der Waals surface area contributed by atoms with Gasteiger partial charge in [-0.3, -0.25) is 4.98 Å². The molecule has 0 bridgehead atoms. The van der Waals surface area contributed by atoms with Crippen LogP contribution in [0.5, 0.6) is 0 Å². The van der Waals surface area contributed by atoms with E-state index in [0.717, 1.165) is 18.4 Å². The SMILES string of the molecule is CNC(Cc1ccncc1)Cc1ccc(F)cc1. The third-order valence-corrected chi connectivity index (χ3v) is 3.04. The molecule has 0 radical (unpaired) electrons. The van der Waals surface area contributed by atoms with Crippen molar-refractivity contribution in [3.63, 3.8) is 0 Å². The van der Waals surface area contributed by atoms with Gasteiger partial charge in [0.25, 0.3) is 0 Å². The molecule has 1 heterocycles. The van der Waals surface area contributed by atoms with E-state index in [1.54, 1.807) is 12.4 Å². The molecule has 2 rings (SSSR count). The van der Waals surface area contributed by atoms with Crippen LogP contribution in [-0.4, -0.2) is 18.1 Å². The van der Waals surface area contributed by atoms with Crippen LogP contribution < -0.4 is 5.32 Å². The number of nitrogens with zero attached hydrogens (tertiary/aromatic N) is 1. The first-order valence-electron chi connectivity index (χ1n) is 6.08. The highest BCUT2D eigenvalue weighted by Gasteiger charge is 2.08. The number of pyridine rings is 1. The van der Waals surface area contributed by atoms with Gasteiger partial charge in [0.2, 0.25) is 0 Å². The monoisotopic (exact) mass is 244 g/mol. The van der Waals surface area contributed by atoms with Gasteiger partial charge in [-0.1, -0.05) is 12.1 Å². The molecule has 0 amide bonds. The summed E-state index contributed by atoms with van der Waals surface area (Å²) in [6.07, 6.45) is 5.44. The molecule has 1 atom stereocenters. The maximum absolute atomic E-state index is 12.8. The molecule has 1 unspecified atom stereocenters. The zero-order chi connectivity index (χ0) is 12.8. The average Bonchev–Trinajstić information content (AvgIpc) is 2.41. The van der Waals surface area contributed by atoms with E-state index in [1.165, 1.54) is 17.7 Å². The lowest BCUT2D eigenvalue weighted by Gasteiger charge is -2.16. The molecule has 2 aromatic rings. The van der Waals surface area contributed by atoms with Crippen molar-refractivity contribution >= 4 is 0 Å². The summed E-state index contributed by atoms with van der Waals surface area (Å²) >= 11 is 0. The van der Waals surface area contributed by atoms with Crippen LogP contribution in [0.4, 0.5) is 4.39 Å². The number of hydrogen-bond donors (Lipinski definition) is 1. The number of nitrogens with one attached hydrogen (secondary N) is 1. The Morgan fingerprint density at radius 2 is 1.56 bits per heavy atom. The maximum Gasteiger partial charge on any atom is 0.123 e. The third-order valence-electron chi connectivity index (χ3n) is 3.04. The van der Waals surface area contributed by atoms with Gasteiger partial charge in [-0.05, 0) is 55.3 Å². The van der Waals surface area contributed by atoms with Gasteiger partial charge < -0.3 is 5.32 Å². The first-order chi connectivity index (χ1) is 8.78. The van der Waals surface area contributed by atoms with E-state index in [2.05, 4.69) is 10.3 Å². The van der Waals surface area contributed by atoms with Crippen LogP contribution in [0.3, 0.4) is 0 Å². The molecule has 18 heavy (non-hydrogen) atoms. The molecule has 3 heteroatoms. The predicted molar refractivity (Wildman–Crippen MR) is 70.9 cm³/mol. The van der Waals surface area contributed by atoms with Crippen LogP contribution in [-0.2, 0) is 12.8 Å². The molecule has 94 valence electrons. The Balaban J connectivity index is 1.99. The molecule has 0 spiro atoms. The van der Waals surface area contributed by atoms with E-state index in [9.17, 15) is 4.39 Å². The third kappa shape index (κ3) is 3.64. The number of rotatable bonds is 5. The average molecular weight is 244 g/mol. The summed E-state index contributed by atoms with van der Waals surface area (Å²) in [6.45, 7) is 0. The van der Waals surface area contributed by atoms with E-state index in [-0.39, 0.29) is 5.82 Å². The van der Waals surface area contributed by atoms with E-state index in [0.29, 0.717) is 6.04 Å². The van der Waals surface area contributed by atoms with Crippen LogP contribution in [0.2, 0.25) is 0 Å². The Morgan fingerprint density at radius 1 is 1.00 bits per heavy atom. The molecular weight excluding hydrogens is 227 g/mol. The zero-order valence-corrected chi connectivity index (χ0v) is 10.4. The standard InChI is InChI=1S/C15H17FN2/c1-17-15(11-13-6-8-18-9-7-13)10-12-2-4-14(16)5-3-12/h2-9,15,17H,10-11H2,1H3. The fraction of sp³-hybridized carbons (Fsp3) is 0.267. The summed E-state index contributed by atoms with van der Waals surface area (Å²) in [7, 11) is 1.95. The van der Waals surface area contributed by atoms with E-state index in [1.807, 2.05) is 31.3 Å². The molecule has 0 aliphatic rings. The molecule has 0 fully saturated rings. The number of hydrogen-bond acceptors (Lipinski definition) is 2. The molecule has 1 N–H and O–H groups in total. The van der Waals surface area contributed by atoms with Gasteiger partial charge in [-0.15, -0.1) is 0 Å². The molecule has 0 saturated heterocycles. The molecule has 2 nitrogen and oxygen atoms in total. The largest absolute Gasteiger partial charge is 0.316 e. The highest BCUT2D eigenvalue weighted by Crippen LogP contribution is 2.09. The highest BCUT2D eigenvalue weighted by atomic mass is 19.1. The summed E-state index contributed by atoms with van der Waals surface area (Å²) < 4.78 is 12.8.